The monoisotopic (exact) mass is 324 g/mol. The lowest BCUT2D eigenvalue weighted by Crippen LogP contribution is -2.47. The summed E-state index contributed by atoms with van der Waals surface area (Å²) in [5, 5.41) is 0. The Bertz CT molecular complexity index is 370. The molecule has 0 aromatic carbocycles. The van der Waals surface area contributed by atoms with Crippen LogP contribution in [0.5, 0.6) is 0 Å². The molecule has 3 fully saturated rings. The summed E-state index contributed by atoms with van der Waals surface area (Å²) < 4.78 is 11.2. The zero-order chi connectivity index (χ0) is 16.1. The Balaban J connectivity index is 1.35. The van der Waals surface area contributed by atoms with Crippen molar-refractivity contribution in [1.82, 2.24) is 9.80 Å². The van der Waals surface area contributed by atoms with Gasteiger partial charge in [0, 0.05) is 39.3 Å². The first-order valence-electron chi connectivity index (χ1n) is 9.39. The van der Waals surface area contributed by atoms with E-state index in [2.05, 4.69) is 4.90 Å². The van der Waals surface area contributed by atoms with Gasteiger partial charge in [0.15, 0.2) is 0 Å². The van der Waals surface area contributed by atoms with E-state index in [1.807, 2.05) is 11.9 Å². The van der Waals surface area contributed by atoms with Crippen LogP contribution in [-0.4, -0.2) is 74.4 Å². The molecule has 1 amide bonds. The van der Waals surface area contributed by atoms with Gasteiger partial charge >= 0.3 is 0 Å². The Morgan fingerprint density at radius 2 is 1.91 bits per heavy atom. The molecule has 0 unspecified atom stereocenters. The summed E-state index contributed by atoms with van der Waals surface area (Å²) in [6.07, 6.45) is 8.44. The normalized spacial score (nSPS) is 27.6. The molecule has 0 bridgehead atoms. The van der Waals surface area contributed by atoms with Crippen LogP contribution in [-0.2, 0) is 14.3 Å². The van der Waals surface area contributed by atoms with E-state index in [1.54, 1.807) is 0 Å². The highest BCUT2D eigenvalue weighted by molar-refractivity contribution is 5.77. The molecule has 0 aromatic heterocycles. The molecule has 5 nitrogen and oxygen atoms in total. The predicted molar refractivity (Wildman–Crippen MR) is 89.4 cm³/mol. The molecule has 5 heteroatoms. The molecule has 1 aliphatic carbocycles. The van der Waals surface area contributed by atoms with Crippen LogP contribution < -0.4 is 0 Å². The Morgan fingerprint density at radius 3 is 2.57 bits per heavy atom. The van der Waals surface area contributed by atoms with Gasteiger partial charge in [-0.05, 0) is 38.0 Å². The van der Waals surface area contributed by atoms with Crippen LogP contribution in [0.25, 0.3) is 0 Å². The van der Waals surface area contributed by atoms with Crippen LogP contribution in [0.1, 0.15) is 44.9 Å². The smallest absolute Gasteiger partial charge is 0.248 e. The fraction of sp³-hybridized carbons (Fsp3) is 0.944. The predicted octanol–water partition coefficient (Wildman–Crippen LogP) is 1.90. The van der Waals surface area contributed by atoms with Crippen molar-refractivity contribution in [2.24, 2.45) is 5.92 Å². The average molecular weight is 324 g/mol. The van der Waals surface area contributed by atoms with E-state index in [-0.39, 0.29) is 12.5 Å². The maximum Gasteiger partial charge on any atom is 0.248 e. The molecule has 2 saturated heterocycles. The lowest BCUT2D eigenvalue weighted by molar-refractivity contribution is -0.139. The number of nitrogens with zero attached hydrogens (tertiary/aromatic N) is 2. The van der Waals surface area contributed by atoms with E-state index in [4.69, 9.17) is 9.47 Å². The van der Waals surface area contributed by atoms with Crippen molar-refractivity contribution in [1.29, 1.82) is 0 Å². The van der Waals surface area contributed by atoms with E-state index in [0.717, 1.165) is 58.5 Å². The first kappa shape index (κ1) is 17.2. The summed E-state index contributed by atoms with van der Waals surface area (Å²) in [6, 6.07) is 0.380. The van der Waals surface area contributed by atoms with Gasteiger partial charge in [-0.3, -0.25) is 4.79 Å². The van der Waals surface area contributed by atoms with Crippen molar-refractivity contribution in [3.63, 3.8) is 0 Å². The number of hydrogen-bond donors (Lipinski definition) is 0. The Labute approximate surface area is 140 Å². The van der Waals surface area contributed by atoms with Crippen molar-refractivity contribution in [3.05, 3.63) is 0 Å². The maximum absolute atomic E-state index is 12.3. The SMILES string of the molecule is CN(C(=O)COC1CCCC1)C1CCN(C[C@@H]2CCOC2)CC1. The molecule has 3 aliphatic rings. The van der Waals surface area contributed by atoms with Crippen LogP contribution in [0, 0.1) is 5.92 Å². The fourth-order valence-electron chi connectivity index (χ4n) is 4.13. The van der Waals surface area contributed by atoms with E-state index in [1.165, 1.54) is 19.3 Å². The van der Waals surface area contributed by atoms with Gasteiger partial charge in [0.05, 0.1) is 12.7 Å². The highest BCUT2D eigenvalue weighted by Gasteiger charge is 2.28. The fourth-order valence-corrected chi connectivity index (χ4v) is 4.13. The second kappa shape index (κ2) is 8.45. The second-order valence-electron chi connectivity index (χ2n) is 7.48. The number of rotatable bonds is 6. The number of ether oxygens (including phenoxy) is 2. The van der Waals surface area contributed by atoms with E-state index >= 15 is 0 Å². The van der Waals surface area contributed by atoms with Gasteiger partial charge in [-0.2, -0.15) is 0 Å². The first-order chi connectivity index (χ1) is 11.2. The molecule has 0 N–H and O–H groups in total. The molecule has 3 rings (SSSR count). The molecule has 0 radical (unpaired) electrons. The number of carbonyl (C=O) groups is 1. The van der Waals surface area contributed by atoms with E-state index in [9.17, 15) is 4.79 Å². The van der Waals surface area contributed by atoms with Crippen molar-refractivity contribution < 1.29 is 14.3 Å². The van der Waals surface area contributed by atoms with Crippen LogP contribution in [0.2, 0.25) is 0 Å². The molecule has 23 heavy (non-hydrogen) atoms. The highest BCUT2D eigenvalue weighted by atomic mass is 16.5. The largest absolute Gasteiger partial charge is 0.381 e. The third-order valence-electron chi connectivity index (χ3n) is 5.78. The van der Waals surface area contributed by atoms with Gasteiger partial charge < -0.3 is 19.3 Å². The Hall–Kier alpha value is -0.650. The molecule has 2 heterocycles. The Morgan fingerprint density at radius 1 is 1.17 bits per heavy atom. The second-order valence-corrected chi connectivity index (χ2v) is 7.48. The molecule has 0 spiro atoms. The van der Waals surface area contributed by atoms with E-state index in [0.29, 0.717) is 18.1 Å². The summed E-state index contributed by atoms with van der Waals surface area (Å²) in [5.74, 6) is 0.866. The van der Waals surface area contributed by atoms with Crippen LogP contribution in [0.4, 0.5) is 0 Å². The number of likely N-dealkylation sites (N-methyl/N-ethyl adjacent to an activating group) is 1. The Kier molecular flexibility index (Phi) is 6.31. The van der Waals surface area contributed by atoms with Gasteiger partial charge in [-0.15, -0.1) is 0 Å². The standard InChI is InChI=1S/C18H32N2O3/c1-19(18(21)14-23-17-4-2-3-5-17)16-6-9-20(10-7-16)12-15-8-11-22-13-15/h15-17H,2-14H2,1H3/t15-/m0/s1. The van der Waals surface area contributed by atoms with Crippen molar-refractivity contribution in [3.8, 4) is 0 Å². The lowest BCUT2D eigenvalue weighted by Gasteiger charge is -2.37. The quantitative estimate of drug-likeness (QED) is 0.748. The van der Waals surface area contributed by atoms with Crippen LogP contribution in [0.15, 0.2) is 0 Å². The average Bonchev–Trinajstić information content (AvgIpc) is 3.26. The number of amides is 1. The zero-order valence-electron chi connectivity index (χ0n) is 14.5. The van der Waals surface area contributed by atoms with Gasteiger partial charge in [0.1, 0.15) is 6.61 Å². The molecule has 1 atom stereocenters. The minimum atomic E-state index is 0.152. The maximum atomic E-state index is 12.3. The minimum Gasteiger partial charge on any atom is -0.381 e. The molecule has 1 saturated carbocycles. The number of likely N-dealkylation sites (tertiary alicyclic amines) is 1. The van der Waals surface area contributed by atoms with Crippen molar-refractivity contribution in [2.45, 2.75) is 57.1 Å². The summed E-state index contributed by atoms with van der Waals surface area (Å²) in [6.45, 7) is 5.48. The third-order valence-corrected chi connectivity index (χ3v) is 5.78. The van der Waals surface area contributed by atoms with E-state index < -0.39 is 0 Å². The molecular weight excluding hydrogens is 292 g/mol. The lowest BCUT2D eigenvalue weighted by atomic mass is 10.0. The minimum absolute atomic E-state index is 0.152. The number of carbonyl (C=O) groups excluding carboxylic acids is 1. The molecule has 132 valence electrons. The van der Waals surface area contributed by atoms with Gasteiger partial charge in [0.25, 0.3) is 0 Å². The third kappa shape index (κ3) is 4.91. The number of piperidine rings is 1. The van der Waals surface area contributed by atoms with Crippen molar-refractivity contribution >= 4 is 5.91 Å². The summed E-state index contributed by atoms with van der Waals surface area (Å²) in [5.41, 5.74) is 0. The first-order valence-corrected chi connectivity index (χ1v) is 9.39. The van der Waals surface area contributed by atoms with Gasteiger partial charge in [0.2, 0.25) is 5.91 Å². The van der Waals surface area contributed by atoms with Crippen molar-refractivity contribution in [2.75, 3.05) is 46.5 Å². The van der Waals surface area contributed by atoms with Crippen LogP contribution in [0.3, 0.4) is 0 Å². The highest BCUT2D eigenvalue weighted by Crippen LogP contribution is 2.22. The summed E-state index contributed by atoms with van der Waals surface area (Å²) in [4.78, 5) is 16.8. The topological polar surface area (TPSA) is 42.0 Å². The zero-order valence-corrected chi connectivity index (χ0v) is 14.5. The molecule has 0 aromatic rings. The number of hydrogen-bond acceptors (Lipinski definition) is 4. The molecule has 2 aliphatic heterocycles. The van der Waals surface area contributed by atoms with Crippen LogP contribution >= 0.6 is 0 Å². The van der Waals surface area contributed by atoms with Gasteiger partial charge in [-0.25, -0.2) is 0 Å². The molecular formula is C18H32N2O3. The van der Waals surface area contributed by atoms with Gasteiger partial charge in [-0.1, -0.05) is 12.8 Å². The summed E-state index contributed by atoms with van der Waals surface area (Å²) >= 11 is 0. The summed E-state index contributed by atoms with van der Waals surface area (Å²) in [7, 11) is 1.95.